The molecular formula is C36H50S. The van der Waals surface area contributed by atoms with Crippen molar-refractivity contribution >= 4 is 34.2 Å². The molecule has 0 aliphatic rings. The van der Waals surface area contributed by atoms with Crippen LogP contribution in [0.25, 0.3) is 21.5 Å². The molecule has 200 valence electrons. The number of hydrogen-bond acceptors (Lipinski definition) is 1. The van der Waals surface area contributed by atoms with E-state index in [1.807, 2.05) is 32.9 Å². The van der Waals surface area contributed by atoms with Gasteiger partial charge >= 0.3 is 0 Å². The summed E-state index contributed by atoms with van der Waals surface area (Å²) in [6.07, 6.45) is 5.71. The maximum atomic E-state index is 4.46. The Balaban J connectivity index is 0.00000114. The Morgan fingerprint density at radius 2 is 0.946 bits per heavy atom. The number of fused-ring (bicyclic) bond motifs is 2. The number of thiol groups is 1. The summed E-state index contributed by atoms with van der Waals surface area (Å²) in [4.78, 5) is 0. The number of terminal acetylenes is 1. The fourth-order valence-electron chi connectivity index (χ4n) is 4.92. The maximum absolute atomic E-state index is 4.46. The fourth-order valence-corrected chi connectivity index (χ4v) is 4.92. The van der Waals surface area contributed by atoms with Gasteiger partial charge in [0.15, 0.2) is 0 Å². The molecule has 0 nitrogen and oxygen atoms in total. The summed E-state index contributed by atoms with van der Waals surface area (Å²) in [6, 6.07) is 22.3. The summed E-state index contributed by atoms with van der Waals surface area (Å²) in [5.41, 5.74) is 8.37. The quantitative estimate of drug-likeness (QED) is 0.199. The molecular weight excluding hydrogens is 464 g/mol. The minimum absolute atomic E-state index is 0.0919. The molecule has 4 rings (SSSR count). The van der Waals surface area contributed by atoms with E-state index in [4.69, 9.17) is 0 Å². The highest BCUT2D eigenvalue weighted by molar-refractivity contribution is 7.85. The molecule has 0 saturated heterocycles. The van der Waals surface area contributed by atoms with Crippen molar-refractivity contribution in [3.8, 4) is 11.7 Å². The van der Waals surface area contributed by atoms with Crippen molar-refractivity contribution in [2.75, 3.05) is 0 Å². The average Bonchev–Trinajstić information content (AvgIpc) is 2.88. The summed E-state index contributed by atoms with van der Waals surface area (Å²) in [6.45, 7) is 26.1. The predicted molar refractivity (Wildman–Crippen MR) is 175 cm³/mol. The molecule has 0 saturated carbocycles. The third-order valence-corrected chi connectivity index (χ3v) is 6.39. The molecule has 0 bridgehead atoms. The zero-order valence-corrected chi connectivity index (χ0v) is 26.4. The molecule has 4 aromatic carbocycles. The van der Waals surface area contributed by atoms with Crippen molar-refractivity contribution in [3.05, 3.63) is 94.0 Å². The van der Waals surface area contributed by atoms with E-state index in [0.29, 0.717) is 0 Å². The molecule has 4 aromatic rings. The largest absolute Gasteiger partial charge is 0.108 e. The van der Waals surface area contributed by atoms with Crippen LogP contribution >= 0.6 is 12.6 Å². The minimum Gasteiger partial charge on any atom is -0.108 e. The highest BCUT2D eigenvalue weighted by Gasteiger charge is 2.31. The van der Waals surface area contributed by atoms with E-state index in [2.05, 4.69) is 135 Å². The summed E-state index contributed by atoms with van der Waals surface area (Å²) in [5.74, 6) is 0. The Bertz CT molecular complexity index is 1190. The van der Waals surface area contributed by atoms with Gasteiger partial charge in [-0.2, -0.15) is 0 Å². The van der Waals surface area contributed by atoms with Gasteiger partial charge in [-0.1, -0.05) is 135 Å². The summed E-state index contributed by atoms with van der Waals surface area (Å²) < 4.78 is 0. The van der Waals surface area contributed by atoms with Crippen LogP contribution in [0.4, 0.5) is 0 Å². The molecule has 0 spiro atoms. The minimum atomic E-state index is -0.0919. The lowest BCUT2D eigenvalue weighted by Gasteiger charge is -2.33. The predicted octanol–water partition coefficient (Wildman–Crippen LogP) is 11.5. The van der Waals surface area contributed by atoms with Crippen molar-refractivity contribution in [3.63, 3.8) is 0 Å². The van der Waals surface area contributed by atoms with Crippen molar-refractivity contribution in [1.82, 2.24) is 0 Å². The highest BCUT2D eigenvalue weighted by atomic mass is 32.1. The second kappa shape index (κ2) is 16.9. The first-order chi connectivity index (χ1) is 17.6. The number of hydrogen-bond donors (Lipinski definition) is 1. The summed E-state index contributed by atoms with van der Waals surface area (Å²) in [5, 5.41) is 7.35. The van der Waals surface area contributed by atoms with Gasteiger partial charge in [0.1, 0.15) is 0 Å². The van der Waals surface area contributed by atoms with Crippen molar-refractivity contribution < 1.29 is 0 Å². The van der Waals surface area contributed by atoms with E-state index >= 15 is 0 Å². The third kappa shape index (κ3) is 8.15. The first-order valence-electron chi connectivity index (χ1n) is 13.7. The second-order valence-corrected chi connectivity index (χ2v) is 9.55. The van der Waals surface area contributed by atoms with Crippen LogP contribution in [0.1, 0.15) is 95.2 Å². The molecule has 0 heterocycles. The molecule has 0 unspecified atom stereocenters. The van der Waals surface area contributed by atoms with Gasteiger partial charge in [-0.15, -0.1) is 6.42 Å². The normalized spacial score (nSPS) is 9.84. The van der Waals surface area contributed by atoms with Gasteiger partial charge in [0.25, 0.3) is 0 Å². The molecule has 0 aromatic heterocycles. The summed E-state index contributed by atoms with van der Waals surface area (Å²) >= 11 is 3.32. The van der Waals surface area contributed by atoms with E-state index < -0.39 is 0 Å². The van der Waals surface area contributed by atoms with Crippen LogP contribution < -0.4 is 0 Å². The molecule has 0 N–H and O–H groups in total. The lowest BCUT2D eigenvalue weighted by Crippen LogP contribution is -2.23. The molecule has 0 aliphatic heterocycles. The monoisotopic (exact) mass is 514 g/mol. The van der Waals surface area contributed by atoms with Crippen LogP contribution in [-0.4, -0.2) is 0 Å². The van der Waals surface area contributed by atoms with Crippen molar-refractivity contribution in [2.24, 2.45) is 0 Å². The Morgan fingerprint density at radius 3 is 1.24 bits per heavy atom. The lowest BCUT2D eigenvalue weighted by atomic mass is 9.70. The first-order valence-corrected chi connectivity index (χ1v) is 14.2. The first kappa shape index (κ1) is 34.3. The fraction of sp³-hybridized carbons (Fsp3) is 0.389. The SMILES string of the molecule is C#CS.CC.CC.CCC.Cc1cc2ccccc2c(C(C)(C)c2c(C)c(C)cc3ccccc23)c1C. The zero-order chi connectivity index (χ0) is 28.8. The van der Waals surface area contributed by atoms with Gasteiger partial charge in [-0.25, -0.2) is 0 Å². The highest BCUT2D eigenvalue weighted by Crippen LogP contribution is 2.44. The Kier molecular flexibility index (Phi) is 15.7. The topological polar surface area (TPSA) is 0 Å². The van der Waals surface area contributed by atoms with Crippen LogP contribution in [0.3, 0.4) is 0 Å². The molecule has 37 heavy (non-hydrogen) atoms. The van der Waals surface area contributed by atoms with Gasteiger partial charge in [0, 0.05) is 5.41 Å². The van der Waals surface area contributed by atoms with Gasteiger partial charge in [-0.05, 0) is 87.9 Å². The van der Waals surface area contributed by atoms with E-state index in [-0.39, 0.29) is 5.41 Å². The van der Waals surface area contributed by atoms with Crippen molar-refractivity contribution in [2.45, 2.75) is 94.9 Å². The van der Waals surface area contributed by atoms with E-state index in [1.165, 1.54) is 61.3 Å². The lowest BCUT2D eigenvalue weighted by molar-refractivity contribution is 0.642. The summed E-state index contributed by atoms with van der Waals surface area (Å²) in [7, 11) is 0. The molecule has 0 amide bonds. The number of aryl methyl sites for hydroxylation is 2. The van der Waals surface area contributed by atoms with Crippen LogP contribution in [0.5, 0.6) is 0 Å². The molecule has 0 aliphatic carbocycles. The van der Waals surface area contributed by atoms with Crippen LogP contribution in [0.15, 0.2) is 60.7 Å². The number of rotatable bonds is 2. The van der Waals surface area contributed by atoms with E-state index in [9.17, 15) is 0 Å². The smallest absolute Gasteiger partial charge is 0.0164 e. The van der Waals surface area contributed by atoms with Crippen LogP contribution in [0.2, 0.25) is 0 Å². The Labute approximate surface area is 234 Å². The molecule has 0 fully saturated rings. The number of benzene rings is 4. The Hall–Kier alpha value is -2.69. The van der Waals surface area contributed by atoms with E-state index in [0.717, 1.165) is 0 Å². The molecule has 0 radical (unpaired) electrons. The second-order valence-electron chi connectivity index (χ2n) is 9.29. The average molecular weight is 515 g/mol. The van der Waals surface area contributed by atoms with Gasteiger partial charge in [0.2, 0.25) is 0 Å². The Morgan fingerprint density at radius 1 is 0.676 bits per heavy atom. The van der Waals surface area contributed by atoms with Crippen LogP contribution in [-0.2, 0) is 5.41 Å². The molecule has 1 heteroatoms. The standard InChI is InChI=1S/C27H28.C3H8.C2H2S.2C2H6/c1-17-15-21-11-7-9-13-23(21)25(19(17)3)27(5,6)26-20(4)18(2)16-22-12-8-10-14-24(22)26;1-3-2;1-2-3;2*1-2/h7-16H,1-6H3;3H2,1-2H3;1,3H;2*1-2H3. The zero-order valence-electron chi connectivity index (χ0n) is 25.5. The van der Waals surface area contributed by atoms with Crippen molar-refractivity contribution in [1.29, 1.82) is 0 Å². The molecule has 0 atom stereocenters. The van der Waals surface area contributed by atoms with Gasteiger partial charge in [0.05, 0.1) is 0 Å². The van der Waals surface area contributed by atoms with Gasteiger partial charge in [-0.3, -0.25) is 0 Å². The van der Waals surface area contributed by atoms with E-state index in [1.54, 1.807) is 0 Å². The third-order valence-electron chi connectivity index (χ3n) is 6.39. The maximum Gasteiger partial charge on any atom is 0.0164 e. The van der Waals surface area contributed by atoms with Gasteiger partial charge < -0.3 is 0 Å². The van der Waals surface area contributed by atoms with Crippen LogP contribution in [0, 0.1) is 39.4 Å².